The van der Waals surface area contributed by atoms with Crippen molar-refractivity contribution in [1.82, 2.24) is 0 Å². The van der Waals surface area contributed by atoms with Crippen LogP contribution in [0.5, 0.6) is 0 Å². The number of aliphatic hydroxyl groups excluding tert-OH is 1. The van der Waals surface area contributed by atoms with Gasteiger partial charge in [0, 0.05) is 0 Å². The first-order valence-electron chi connectivity index (χ1n) is 2.78. The van der Waals surface area contributed by atoms with Crippen LogP contribution >= 0.6 is 0 Å². The van der Waals surface area contributed by atoms with Crippen molar-refractivity contribution in [2.45, 2.75) is 16.7 Å². The summed E-state index contributed by atoms with van der Waals surface area (Å²) in [5, 5.41) is 18.1. The third-order valence-corrected chi connectivity index (χ3v) is 2.94. The molecule has 10 heavy (non-hydrogen) atoms. The Morgan fingerprint density at radius 3 is 2.80 bits per heavy atom. The molecular formula is C6H10O3Se. The summed E-state index contributed by atoms with van der Waals surface area (Å²) in [6, 6.07) is 0. The number of rotatable bonds is 5. The topological polar surface area (TPSA) is 57.5 Å². The van der Waals surface area contributed by atoms with Crippen molar-refractivity contribution in [3.05, 3.63) is 12.7 Å². The zero-order valence-corrected chi connectivity index (χ0v) is 7.20. The van der Waals surface area contributed by atoms with E-state index in [0.29, 0.717) is 5.32 Å². The fourth-order valence-electron chi connectivity index (χ4n) is 0.334. The summed E-state index contributed by atoms with van der Waals surface area (Å²) in [5.74, 6) is -1.13. The molecule has 0 aromatic heterocycles. The molecule has 0 rings (SSSR count). The molecule has 4 heteroatoms. The van der Waals surface area contributed by atoms with Gasteiger partial charge in [0.2, 0.25) is 0 Å². The Morgan fingerprint density at radius 1 is 1.80 bits per heavy atom. The van der Waals surface area contributed by atoms with Crippen LogP contribution in [0.1, 0.15) is 0 Å². The average Bonchev–Trinajstić information content (AvgIpc) is 1.88. The van der Waals surface area contributed by atoms with Crippen molar-refractivity contribution in [1.29, 1.82) is 0 Å². The minimum atomic E-state index is -1.18. The summed E-state index contributed by atoms with van der Waals surface area (Å²) >= 11 is 0.180. The second-order valence-electron chi connectivity index (χ2n) is 1.68. The maximum atomic E-state index is 10.0. The second kappa shape index (κ2) is 5.47. The van der Waals surface area contributed by atoms with Crippen molar-refractivity contribution < 1.29 is 15.0 Å². The molecule has 0 aliphatic carbocycles. The van der Waals surface area contributed by atoms with E-state index in [9.17, 15) is 4.79 Å². The van der Waals surface area contributed by atoms with Crippen LogP contribution in [0.3, 0.4) is 0 Å². The van der Waals surface area contributed by atoms with Gasteiger partial charge in [0.1, 0.15) is 0 Å². The summed E-state index contributed by atoms with van der Waals surface area (Å²) in [4.78, 5) is 10.0. The van der Waals surface area contributed by atoms with Crippen LogP contribution in [0.25, 0.3) is 0 Å². The molecule has 1 unspecified atom stereocenters. The van der Waals surface area contributed by atoms with Gasteiger partial charge in [-0.3, -0.25) is 0 Å². The number of allylic oxidation sites excluding steroid dienone is 1. The molecule has 0 heterocycles. The van der Waals surface area contributed by atoms with Crippen molar-refractivity contribution in [3.8, 4) is 0 Å². The molecule has 58 valence electrons. The van der Waals surface area contributed by atoms with Gasteiger partial charge in [0.15, 0.2) is 0 Å². The molecule has 0 saturated carbocycles. The van der Waals surface area contributed by atoms with Gasteiger partial charge in [0.05, 0.1) is 0 Å². The van der Waals surface area contributed by atoms with E-state index in [-0.39, 0.29) is 15.0 Å². The third-order valence-electron chi connectivity index (χ3n) is 0.796. The van der Waals surface area contributed by atoms with E-state index >= 15 is 0 Å². The number of aliphatic hydroxyl groups is 1. The molecule has 0 aromatic rings. The number of carboxylic acid groups (broad SMARTS) is 1. The van der Waals surface area contributed by atoms with Crippen LogP contribution in [0.15, 0.2) is 12.7 Å². The molecule has 0 fully saturated rings. The minimum absolute atomic E-state index is 0.180. The number of carboxylic acids is 1. The number of carbonyl (C=O) groups is 1. The van der Waals surface area contributed by atoms with E-state index in [1.54, 1.807) is 6.08 Å². The quantitative estimate of drug-likeness (QED) is 0.385. The third kappa shape index (κ3) is 4.56. The summed E-state index contributed by atoms with van der Waals surface area (Å²) in [6.45, 7) is 3.49. The number of hydrogen-bond donors (Lipinski definition) is 2. The Hall–Kier alpha value is -0.311. The predicted molar refractivity (Wildman–Crippen MR) is 39.2 cm³/mol. The molecule has 0 saturated heterocycles. The summed E-state index contributed by atoms with van der Waals surface area (Å²) < 4.78 is 0. The van der Waals surface area contributed by atoms with Gasteiger partial charge in [-0.1, -0.05) is 0 Å². The van der Waals surface area contributed by atoms with E-state index in [1.165, 1.54) is 0 Å². The van der Waals surface area contributed by atoms with Gasteiger partial charge in [-0.15, -0.1) is 0 Å². The van der Waals surface area contributed by atoms with Crippen molar-refractivity contribution in [3.63, 3.8) is 0 Å². The Kier molecular flexibility index (Phi) is 5.30. The van der Waals surface area contributed by atoms with Crippen molar-refractivity contribution >= 4 is 20.9 Å². The van der Waals surface area contributed by atoms with Gasteiger partial charge in [-0.25, -0.2) is 0 Å². The zero-order chi connectivity index (χ0) is 7.98. The van der Waals surface area contributed by atoms with Crippen LogP contribution in [0.2, 0.25) is 10.6 Å². The van der Waals surface area contributed by atoms with Crippen LogP contribution in [-0.2, 0) is 4.79 Å². The summed E-state index contributed by atoms with van der Waals surface area (Å²) in [5.41, 5.74) is 0. The standard InChI is InChI=1S/C6H10O3Se/c1-2-3-10-4-5(7)6(8)9/h2,5,7H,1,3-4H2,(H,8,9). The molecule has 0 aliphatic rings. The molecule has 0 bridgehead atoms. The van der Waals surface area contributed by atoms with Crippen molar-refractivity contribution in [2.24, 2.45) is 0 Å². The molecule has 0 amide bonds. The van der Waals surface area contributed by atoms with E-state index in [2.05, 4.69) is 6.58 Å². The van der Waals surface area contributed by atoms with Gasteiger partial charge in [-0.2, -0.15) is 0 Å². The zero-order valence-electron chi connectivity index (χ0n) is 5.49. The molecule has 0 aromatic carbocycles. The number of hydrogen-bond acceptors (Lipinski definition) is 2. The monoisotopic (exact) mass is 210 g/mol. The Balaban J connectivity index is 3.30. The van der Waals surface area contributed by atoms with Crippen LogP contribution in [0.4, 0.5) is 0 Å². The number of aliphatic carboxylic acids is 1. The second-order valence-corrected chi connectivity index (χ2v) is 3.94. The molecular weight excluding hydrogens is 199 g/mol. The summed E-state index contributed by atoms with van der Waals surface area (Å²) in [7, 11) is 0. The molecule has 1 atom stereocenters. The van der Waals surface area contributed by atoms with Gasteiger partial charge < -0.3 is 0 Å². The molecule has 0 spiro atoms. The average molecular weight is 209 g/mol. The first kappa shape index (κ1) is 9.69. The Morgan fingerprint density at radius 2 is 2.40 bits per heavy atom. The fourth-order valence-corrected chi connectivity index (χ4v) is 1.74. The summed E-state index contributed by atoms with van der Waals surface area (Å²) in [6.07, 6.45) is 0.550. The van der Waals surface area contributed by atoms with E-state index in [0.717, 1.165) is 5.32 Å². The molecule has 0 aliphatic heterocycles. The van der Waals surface area contributed by atoms with Crippen molar-refractivity contribution in [2.75, 3.05) is 0 Å². The van der Waals surface area contributed by atoms with Gasteiger partial charge >= 0.3 is 65.3 Å². The van der Waals surface area contributed by atoms with E-state index in [4.69, 9.17) is 10.2 Å². The van der Waals surface area contributed by atoms with E-state index < -0.39 is 12.1 Å². The first-order valence-corrected chi connectivity index (χ1v) is 5.20. The van der Waals surface area contributed by atoms with Gasteiger partial charge in [-0.05, 0) is 0 Å². The Labute approximate surface area is 65.9 Å². The fraction of sp³-hybridized carbons (Fsp3) is 0.500. The predicted octanol–water partition coefficient (Wildman–Crippen LogP) is 0.159. The van der Waals surface area contributed by atoms with Crippen LogP contribution in [-0.4, -0.2) is 37.2 Å². The normalized spacial score (nSPS) is 12.5. The van der Waals surface area contributed by atoms with E-state index in [1.807, 2.05) is 0 Å². The first-order chi connectivity index (χ1) is 4.68. The SMILES string of the molecule is C=CC[Se]CC(O)C(=O)O. The molecule has 0 radical (unpaired) electrons. The maximum absolute atomic E-state index is 10.0. The molecule has 2 N–H and O–H groups in total. The van der Waals surface area contributed by atoms with Crippen LogP contribution in [0, 0.1) is 0 Å². The van der Waals surface area contributed by atoms with Crippen LogP contribution < -0.4 is 0 Å². The Bertz CT molecular complexity index is 124. The van der Waals surface area contributed by atoms with Gasteiger partial charge in [0.25, 0.3) is 0 Å². The molecule has 3 nitrogen and oxygen atoms in total.